The first-order chi connectivity index (χ1) is 15.2. The molecule has 0 radical (unpaired) electrons. The first-order valence-corrected chi connectivity index (χ1v) is 9.96. The Hall–Kier alpha value is -4.19. The van der Waals surface area contributed by atoms with Crippen molar-refractivity contribution in [2.75, 3.05) is 0 Å². The molecule has 0 heterocycles. The molecule has 4 rings (SSSR count). The molecule has 160 valence electrons. The van der Waals surface area contributed by atoms with E-state index in [0.717, 1.165) is 22.3 Å². The Morgan fingerprint density at radius 1 is 0.812 bits per heavy atom. The molecule has 32 heavy (non-hydrogen) atoms. The molecule has 0 aliphatic heterocycles. The maximum atomic E-state index is 12.5. The van der Waals surface area contributed by atoms with Crippen LogP contribution >= 0.6 is 0 Å². The van der Waals surface area contributed by atoms with E-state index in [2.05, 4.69) is 6.58 Å². The van der Waals surface area contributed by atoms with Gasteiger partial charge in [-0.2, -0.15) is 0 Å². The summed E-state index contributed by atoms with van der Waals surface area (Å²) in [6, 6.07) is 16.5. The van der Waals surface area contributed by atoms with Crippen molar-refractivity contribution in [3.8, 4) is 22.6 Å². The molecule has 1 N–H and O–H groups in total. The van der Waals surface area contributed by atoms with Crippen LogP contribution in [-0.4, -0.2) is 23.0 Å². The number of carbonyl (C=O) groups is 3. The lowest BCUT2D eigenvalue weighted by molar-refractivity contribution is -0.130. The number of benzene rings is 3. The highest BCUT2D eigenvalue weighted by Crippen LogP contribution is 2.47. The van der Waals surface area contributed by atoms with Crippen LogP contribution in [0, 0.1) is 0 Å². The van der Waals surface area contributed by atoms with Gasteiger partial charge in [-0.15, -0.1) is 0 Å². The third-order valence-corrected chi connectivity index (χ3v) is 5.41. The molecular formula is C26H20O6. The van der Waals surface area contributed by atoms with E-state index in [9.17, 15) is 14.4 Å². The summed E-state index contributed by atoms with van der Waals surface area (Å²) in [5.41, 5.74) is 4.75. The van der Waals surface area contributed by atoms with E-state index in [0.29, 0.717) is 17.1 Å². The molecule has 0 bridgehead atoms. The molecular weight excluding hydrogens is 408 g/mol. The molecule has 0 saturated carbocycles. The van der Waals surface area contributed by atoms with Gasteiger partial charge in [0.05, 0.1) is 11.1 Å². The van der Waals surface area contributed by atoms with Crippen molar-refractivity contribution in [2.24, 2.45) is 0 Å². The average molecular weight is 428 g/mol. The smallest absolute Gasteiger partial charge is 0.343 e. The molecule has 6 nitrogen and oxygen atoms in total. The summed E-state index contributed by atoms with van der Waals surface area (Å²) < 4.78 is 10.9. The number of hydrogen-bond donors (Lipinski definition) is 1. The van der Waals surface area contributed by atoms with Crippen molar-refractivity contribution in [3.05, 3.63) is 95.1 Å². The third-order valence-electron chi connectivity index (χ3n) is 5.41. The third kappa shape index (κ3) is 3.90. The van der Waals surface area contributed by atoms with Gasteiger partial charge in [-0.3, -0.25) is 0 Å². The first-order valence-electron chi connectivity index (χ1n) is 9.96. The van der Waals surface area contributed by atoms with Gasteiger partial charge in [0, 0.05) is 11.5 Å². The van der Waals surface area contributed by atoms with E-state index >= 15 is 0 Å². The van der Waals surface area contributed by atoms with E-state index in [-0.39, 0.29) is 17.0 Å². The SMILES string of the molecule is C=C(C)C(=O)Oc1ccc2c(c1)C(C)c1cc(OC(=O)c3ccc(C(=O)O)cc3)ccc1-2. The fourth-order valence-electron chi connectivity index (χ4n) is 3.69. The lowest BCUT2D eigenvalue weighted by atomic mass is 9.99. The number of aromatic carboxylic acids is 1. The minimum Gasteiger partial charge on any atom is -0.478 e. The highest BCUT2D eigenvalue weighted by atomic mass is 16.5. The second-order valence-electron chi connectivity index (χ2n) is 7.66. The number of esters is 2. The zero-order valence-electron chi connectivity index (χ0n) is 17.5. The Balaban J connectivity index is 1.55. The fourth-order valence-corrected chi connectivity index (χ4v) is 3.69. The molecule has 1 atom stereocenters. The summed E-state index contributed by atoms with van der Waals surface area (Å²) in [5, 5.41) is 8.98. The summed E-state index contributed by atoms with van der Waals surface area (Å²) in [4.78, 5) is 35.3. The number of hydrogen-bond acceptors (Lipinski definition) is 5. The van der Waals surface area contributed by atoms with Crippen molar-refractivity contribution in [1.82, 2.24) is 0 Å². The van der Waals surface area contributed by atoms with Crippen LogP contribution in [0.3, 0.4) is 0 Å². The summed E-state index contributed by atoms with van der Waals surface area (Å²) in [6.07, 6.45) is 0. The summed E-state index contributed by atoms with van der Waals surface area (Å²) in [7, 11) is 0. The lowest BCUT2D eigenvalue weighted by Gasteiger charge is -2.10. The molecule has 1 aliphatic carbocycles. The van der Waals surface area contributed by atoms with Crippen LogP contribution in [0.4, 0.5) is 0 Å². The molecule has 0 amide bonds. The van der Waals surface area contributed by atoms with Crippen LogP contribution in [0.15, 0.2) is 72.8 Å². The normalized spacial score (nSPS) is 13.6. The summed E-state index contributed by atoms with van der Waals surface area (Å²) >= 11 is 0. The van der Waals surface area contributed by atoms with Gasteiger partial charge in [0.2, 0.25) is 0 Å². The Morgan fingerprint density at radius 3 is 1.81 bits per heavy atom. The number of fused-ring (bicyclic) bond motifs is 3. The van der Waals surface area contributed by atoms with E-state index < -0.39 is 17.9 Å². The highest BCUT2D eigenvalue weighted by Gasteiger charge is 2.27. The van der Waals surface area contributed by atoms with Crippen LogP contribution in [0.2, 0.25) is 0 Å². The maximum absolute atomic E-state index is 12.5. The topological polar surface area (TPSA) is 89.9 Å². The molecule has 6 heteroatoms. The van der Waals surface area contributed by atoms with Gasteiger partial charge < -0.3 is 14.6 Å². The molecule has 1 aliphatic rings. The minimum atomic E-state index is -1.06. The summed E-state index contributed by atoms with van der Waals surface area (Å²) in [6.45, 7) is 7.22. The number of rotatable bonds is 5. The van der Waals surface area contributed by atoms with Crippen LogP contribution < -0.4 is 9.47 Å². The van der Waals surface area contributed by atoms with Crippen molar-refractivity contribution in [2.45, 2.75) is 19.8 Å². The Bertz CT molecular complexity index is 1270. The van der Waals surface area contributed by atoms with Crippen LogP contribution in [-0.2, 0) is 4.79 Å². The second kappa shape index (κ2) is 8.15. The molecule has 0 aromatic heterocycles. The molecule has 0 spiro atoms. The number of ether oxygens (including phenoxy) is 2. The van der Waals surface area contributed by atoms with E-state index in [1.807, 2.05) is 31.2 Å². The first kappa shape index (κ1) is 21.1. The van der Waals surface area contributed by atoms with Gasteiger partial charge >= 0.3 is 17.9 Å². The predicted molar refractivity (Wildman–Crippen MR) is 118 cm³/mol. The lowest BCUT2D eigenvalue weighted by Crippen LogP contribution is -2.09. The number of carbonyl (C=O) groups excluding carboxylic acids is 2. The predicted octanol–water partition coefficient (Wildman–Crippen LogP) is 5.22. The number of carboxylic acids is 1. The molecule has 0 saturated heterocycles. The quantitative estimate of drug-likeness (QED) is 0.341. The van der Waals surface area contributed by atoms with Gasteiger partial charge in [0.15, 0.2) is 0 Å². The monoisotopic (exact) mass is 428 g/mol. The molecule has 1 unspecified atom stereocenters. The van der Waals surface area contributed by atoms with E-state index in [1.54, 1.807) is 19.1 Å². The van der Waals surface area contributed by atoms with E-state index in [1.165, 1.54) is 24.3 Å². The van der Waals surface area contributed by atoms with Crippen LogP contribution in [0.1, 0.15) is 51.6 Å². The van der Waals surface area contributed by atoms with Gasteiger partial charge in [0.25, 0.3) is 0 Å². The minimum absolute atomic E-state index is 0.0111. The van der Waals surface area contributed by atoms with Gasteiger partial charge in [-0.05, 0) is 77.7 Å². The van der Waals surface area contributed by atoms with Crippen LogP contribution in [0.25, 0.3) is 11.1 Å². The standard InChI is InChI=1S/C26H20O6/c1-14(2)25(29)31-18-8-10-20-21-11-9-19(13-23(21)15(3)22(20)12-18)32-26(30)17-6-4-16(5-7-17)24(27)28/h4-13,15H,1H2,2-3H3,(H,27,28). The van der Waals surface area contributed by atoms with Crippen molar-refractivity contribution >= 4 is 17.9 Å². The zero-order chi connectivity index (χ0) is 23.0. The molecule has 3 aromatic carbocycles. The fraction of sp³-hybridized carbons (Fsp3) is 0.115. The van der Waals surface area contributed by atoms with E-state index in [4.69, 9.17) is 14.6 Å². The highest BCUT2D eigenvalue weighted by molar-refractivity contribution is 5.94. The average Bonchev–Trinajstić information content (AvgIpc) is 3.05. The maximum Gasteiger partial charge on any atom is 0.343 e. The van der Waals surface area contributed by atoms with Crippen molar-refractivity contribution < 1.29 is 29.0 Å². The van der Waals surface area contributed by atoms with Gasteiger partial charge in [-0.1, -0.05) is 25.6 Å². The Kier molecular flexibility index (Phi) is 5.36. The van der Waals surface area contributed by atoms with Crippen LogP contribution in [0.5, 0.6) is 11.5 Å². The number of carboxylic acid groups (broad SMARTS) is 1. The van der Waals surface area contributed by atoms with Gasteiger partial charge in [-0.25, -0.2) is 14.4 Å². The van der Waals surface area contributed by atoms with Crippen molar-refractivity contribution in [1.29, 1.82) is 0 Å². The summed E-state index contributed by atoms with van der Waals surface area (Å²) in [5.74, 6) is -1.25. The Labute approximate surface area is 184 Å². The van der Waals surface area contributed by atoms with Crippen molar-refractivity contribution in [3.63, 3.8) is 0 Å². The molecule has 0 fully saturated rings. The van der Waals surface area contributed by atoms with Gasteiger partial charge in [0.1, 0.15) is 11.5 Å². The molecule has 3 aromatic rings. The Morgan fingerprint density at radius 2 is 1.31 bits per heavy atom. The zero-order valence-corrected chi connectivity index (χ0v) is 17.5. The second-order valence-corrected chi connectivity index (χ2v) is 7.66. The largest absolute Gasteiger partial charge is 0.478 e.